The number of hydrogen-bond acceptors (Lipinski definition) is 4. The summed E-state index contributed by atoms with van der Waals surface area (Å²) in [5, 5.41) is 8.47. The molecule has 0 amide bonds. The van der Waals surface area contributed by atoms with E-state index in [1.807, 2.05) is 0 Å². The Morgan fingerprint density at radius 3 is 1.71 bits per heavy atom. The van der Waals surface area contributed by atoms with Crippen LogP contribution in [0.25, 0.3) is 0 Å². The first-order chi connectivity index (χ1) is 6.95. The van der Waals surface area contributed by atoms with Gasteiger partial charge in [-0.3, -0.25) is 0 Å². The zero-order chi connectivity index (χ0) is 9.64. The van der Waals surface area contributed by atoms with Crippen LogP contribution in [0.4, 0.5) is 0 Å². The molecule has 2 heterocycles. The van der Waals surface area contributed by atoms with Gasteiger partial charge in [0, 0.05) is 0 Å². The van der Waals surface area contributed by atoms with Crippen LogP contribution < -0.4 is 0 Å². The maximum absolute atomic E-state index is 2.14. The molecule has 0 saturated carbocycles. The molecule has 0 unspecified atom stereocenters. The molecule has 14 heavy (non-hydrogen) atoms. The van der Waals surface area contributed by atoms with E-state index in [1.54, 1.807) is 46.2 Å². The first-order valence-electron chi connectivity index (χ1n) is 4.00. The van der Waals surface area contributed by atoms with Gasteiger partial charge in [0.25, 0.3) is 0 Å². The molecule has 2 aromatic heterocycles. The third-order valence-electron chi connectivity index (χ3n) is 1.41. The van der Waals surface area contributed by atoms with E-state index in [0.717, 1.165) is 0 Å². The second-order valence-corrected chi connectivity index (χ2v) is 6.68. The van der Waals surface area contributed by atoms with Gasteiger partial charge in [0.1, 0.15) is 0 Å². The van der Waals surface area contributed by atoms with Crippen LogP contribution >= 0.6 is 46.2 Å². The third kappa shape index (κ3) is 3.20. The fourth-order valence-corrected chi connectivity index (χ4v) is 3.89. The molecule has 0 atom stereocenters. The molecule has 0 bridgehead atoms. The molecule has 0 saturated heterocycles. The smallest absolute Gasteiger partial charge is 0.0640 e. The fourth-order valence-electron chi connectivity index (χ4n) is 0.851. The Labute approximate surface area is 100 Å². The van der Waals surface area contributed by atoms with Crippen molar-refractivity contribution in [1.82, 2.24) is 0 Å². The molecule has 0 N–H and O–H groups in total. The highest BCUT2D eigenvalue weighted by Gasteiger charge is 1.91. The summed E-state index contributed by atoms with van der Waals surface area (Å²) in [5.74, 6) is 0. The molecule has 0 nitrogen and oxygen atoms in total. The van der Waals surface area contributed by atoms with Crippen molar-refractivity contribution in [3.05, 3.63) is 45.8 Å². The van der Waals surface area contributed by atoms with Gasteiger partial charge in [-0.25, -0.2) is 0 Å². The predicted molar refractivity (Wildman–Crippen MR) is 69.5 cm³/mol. The summed E-state index contributed by atoms with van der Waals surface area (Å²) in [4.78, 5) is 0. The van der Waals surface area contributed by atoms with Crippen molar-refractivity contribution >= 4 is 46.2 Å². The Hall–Kier alpha value is -0.160. The van der Waals surface area contributed by atoms with Gasteiger partial charge in [-0.05, 0) is 33.7 Å². The van der Waals surface area contributed by atoms with Crippen LogP contribution in [0.3, 0.4) is 0 Å². The molecule has 4 heteroatoms. The van der Waals surface area contributed by atoms with Crippen molar-refractivity contribution in [3.63, 3.8) is 0 Å². The molecule has 0 spiro atoms. The van der Waals surface area contributed by atoms with Gasteiger partial charge in [-0.2, -0.15) is 0 Å². The van der Waals surface area contributed by atoms with Crippen LogP contribution in [-0.2, 0) is 0 Å². The highest BCUT2D eigenvalue weighted by atomic mass is 32.2. The van der Waals surface area contributed by atoms with Crippen molar-refractivity contribution in [2.24, 2.45) is 0 Å². The van der Waals surface area contributed by atoms with Crippen LogP contribution in [-0.4, -0.2) is 0 Å². The van der Waals surface area contributed by atoms with E-state index in [0.29, 0.717) is 0 Å². The molecule has 0 aliphatic heterocycles. The summed E-state index contributed by atoms with van der Waals surface area (Å²) in [6.45, 7) is 0. The zero-order valence-corrected chi connectivity index (χ0v) is 10.5. The molecule has 72 valence electrons. The topological polar surface area (TPSA) is 0 Å². The summed E-state index contributed by atoms with van der Waals surface area (Å²) >= 11 is 7.09. The molecule has 0 aliphatic carbocycles. The van der Waals surface area contributed by atoms with E-state index < -0.39 is 0 Å². The Morgan fingerprint density at radius 1 is 0.857 bits per heavy atom. The Bertz CT molecular complexity index is 334. The van der Waals surface area contributed by atoms with E-state index in [9.17, 15) is 0 Å². The first kappa shape index (κ1) is 10.4. The van der Waals surface area contributed by atoms with Crippen molar-refractivity contribution < 1.29 is 0 Å². The molecule has 0 fully saturated rings. The molecule has 0 aliphatic rings. The lowest BCUT2D eigenvalue weighted by Gasteiger charge is -1.88. The van der Waals surface area contributed by atoms with Gasteiger partial charge in [0.15, 0.2) is 0 Å². The number of rotatable bonds is 4. The molecule has 0 radical (unpaired) electrons. The molecule has 2 aromatic rings. The van der Waals surface area contributed by atoms with Crippen LogP contribution in [0, 0.1) is 0 Å². The normalized spacial score (nSPS) is 11.1. The van der Waals surface area contributed by atoms with Crippen LogP contribution in [0.5, 0.6) is 0 Å². The summed E-state index contributed by atoms with van der Waals surface area (Å²) in [7, 11) is 0. The second-order valence-electron chi connectivity index (χ2n) is 2.37. The summed E-state index contributed by atoms with van der Waals surface area (Å²) < 4.78 is 2.68. The molecule has 2 rings (SSSR count). The second kappa shape index (κ2) is 5.66. The average molecular weight is 256 g/mol. The van der Waals surface area contributed by atoms with Gasteiger partial charge in [0.2, 0.25) is 0 Å². The van der Waals surface area contributed by atoms with Gasteiger partial charge in [-0.15, -0.1) is 22.7 Å². The minimum atomic E-state index is 1.34. The van der Waals surface area contributed by atoms with Gasteiger partial charge < -0.3 is 0 Å². The van der Waals surface area contributed by atoms with Gasteiger partial charge >= 0.3 is 0 Å². The standard InChI is InChI=1S/C10H8S4/c1-3-9(11-5-1)13-7-8-14-10-4-2-6-12-10/h1-8H/b8-7-. The summed E-state index contributed by atoms with van der Waals surface area (Å²) in [5.41, 5.74) is 0. The lowest BCUT2D eigenvalue weighted by atomic mass is 10.7. The lowest BCUT2D eigenvalue weighted by Crippen LogP contribution is -1.52. The zero-order valence-electron chi connectivity index (χ0n) is 7.25. The van der Waals surface area contributed by atoms with Crippen LogP contribution in [0.1, 0.15) is 0 Å². The Morgan fingerprint density at radius 2 is 1.36 bits per heavy atom. The molecular formula is C10H8S4. The molecular weight excluding hydrogens is 248 g/mol. The largest absolute Gasteiger partial charge is 0.137 e. The third-order valence-corrected chi connectivity index (χ3v) is 5.35. The van der Waals surface area contributed by atoms with E-state index in [2.05, 4.69) is 45.8 Å². The number of thiophene rings is 2. The van der Waals surface area contributed by atoms with Crippen molar-refractivity contribution in [2.45, 2.75) is 8.42 Å². The molecule has 0 aromatic carbocycles. The number of thioether (sulfide) groups is 2. The average Bonchev–Trinajstić information content (AvgIpc) is 2.86. The van der Waals surface area contributed by atoms with Crippen molar-refractivity contribution in [1.29, 1.82) is 0 Å². The highest BCUT2D eigenvalue weighted by Crippen LogP contribution is 2.28. The van der Waals surface area contributed by atoms with E-state index >= 15 is 0 Å². The minimum absolute atomic E-state index is 1.34. The van der Waals surface area contributed by atoms with E-state index in [1.165, 1.54) is 8.42 Å². The minimum Gasteiger partial charge on any atom is -0.137 e. The maximum Gasteiger partial charge on any atom is 0.0640 e. The van der Waals surface area contributed by atoms with Gasteiger partial charge in [0.05, 0.1) is 8.42 Å². The quantitative estimate of drug-likeness (QED) is 0.693. The Balaban J connectivity index is 1.79. The summed E-state index contributed by atoms with van der Waals surface area (Å²) in [6, 6.07) is 8.42. The first-order valence-corrected chi connectivity index (χ1v) is 7.52. The maximum atomic E-state index is 2.14. The number of hydrogen-bond donors (Lipinski definition) is 0. The predicted octanol–water partition coefficient (Wildman–Crippen LogP) is 5.17. The van der Waals surface area contributed by atoms with Gasteiger partial charge in [-0.1, -0.05) is 35.7 Å². The van der Waals surface area contributed by atoms with Crippen LogP contribution in [0.2, 0.25) is 0 Å². The highest BCUT2D eigenvalue weighted by molar-refractivity contribution is 8.07. The lowest BCUT2D eigenvalue weighted by molar-refractivity contribution is 1.75. The van der Waals surface area contributed by atoms with Crippen molar-refractivity contribution in [3.8, 4) is 0 Å². The van der Waals surface area contributed by atoms with Crippen LogP contribution in [0.15, 0.2) is 54.3 Å². The SMILES string of the molecule is C(=C/Sc1cccs1)/Sc1cccs1. The monoisotopic (exact) mass is 256 g/mol. The Kier molecular flexibility index (Phi) is 4.19. The van der Waals surface area contributed by atoms with Crippen molar-refractivity contribution in [2.75, 3.05) is 0 Å². The van der Waals surface area contributed by atoms with E-state index in [4.69, 9.17) is 0 Å². The summed E-state index contributed by atoms with van der Waals surface area (Å²) in [6.07, 6.45) is 0. The van der Waals surface area contributed by atoms with E-state index in [-0.39, 0.29) is 0 Å². The fraction of sp³-hybridized carbons (Fsp3) is 0.